The quantitative estimate of drug-likeness (QED) is 0.592. The predicted octanol–water partition coefficient (Wildman–Crippen LogP) is 4.92. The Morgan fingerprint density at radius 3 is 2.37 bits per heavy atom. The maximum Gasteiger partial charge on any atom is 0.241 e. The largest absolute Gasteiger partial charge is 0.325 e. The zero-order valence-corrected chi connectivity index (χ0v) is 19.6. The van der Waals surface area contributed by atoms with Gasteiger partial charge in [0.15, 0.2) is 0 Å². The third-order valence-electron chi connectivity index (χ3n) is 5.47. The molecule has 0 heterocycles. The van der Waals surface area contributed by atoms with Gasteiger partial charge >= 0.3 is 0 Å². The average Bonchev–Trinajstić information content (AvgIpc) is 2.72. The molecule has 1 atom stereocenters. The van der Waals surface area contributed by atoms with Gasteiger partial charge in [-0.1, -0.05) is 32.0 Å². The van der Waals surface area contributed by atoms with E-state index in [1.54, 1.807) is 26.0 Å². The van der Waals surface area contributed by atoms with Crippen LogP contribution < -0.4 is 10.0 Å². The summed E-state index contributed by atoms with van der Waals surface area (Å²) in [5, 5.41) is 2.84. The molecule has 5 nitrogen and oxygen atoms in total. The molecule has 0 spiro atoms. The van der Waals surface area contributed by atoms with Crippen LogP contribution in [0.25, 0.3) is 0 Å². The SMILES string of the molecule is CSc1ccc(S(=O)(=O)N[C@@H](C)c2ccc3c(c2)CCCC3)cc1NC(=O)C(C)C. The first-order valence-corrected chi connectivity index (χ1v) is 13.0. The van der Waals surface area contributed by atoms with Gasteiger partial charge in [0.05, 0.1) is 10.6 Å². The number of aryl methyl sites for hydroxylation is 2. The van der Waals surface area contributed by atoms with Crippen molar-refractivity contribution in [3.05, 3.63) is 53.1 Å². The van der Waals surface area contributed by atoms with E-state index in [0.29, 0.717) is 5.69 Å². The van der Waals surface area contributed by atoms with Crippen LogP contribution in [0.1, 0.15) is 56.3 Å². The van der Waals surface area contributed by atoms with Crippen molar-refractivity contribution in [3.8, 4) is 0 Å². The van der Waals surface area contributed by atoms with Gasteiger partial charge in [0.1, 0.15) is 0 Å². The molecule has 1 amide bonds. The molecule has 0 radical (unpaired) electrons. The van der Waals surface area contributed by atoms with Gasteiger partial charge in [0.25, 0.3) is 0 Å². The molecule has 0 saturated carbocycles. The average molecular weight is 447 g/mol. The molecule has 30 heavy (non-hydrogen) atoms. The highest BCUT2D eigenvalue weighted by molar-refractivity contribution is 7.98. The molecule has 2 N–H and O–H groups in total. The fourth-order valence-corrected chi connectivity index (χ4v) is 5.41. The molecule has 0 fully saturated rings. The van der Waals surface area contributed by atoms with Crippen molar-refractivity contribution in [2.24, 2.45) is 5.92 Å². The summed E-state index contributed by atoms with van der Waals surface area (Å²) in [6, 6.07) is 10.8. The number of sulfonamides is 1. The van der Waals surface area contributed by atoms with Crippen LogP contribution in [-0.4, -0.2) is 20.6 Å². The van der Waals surface area contributed by atoms with Crippen molar-refractivity contribution in [1.82, 2.24) is 4.72 Å². The topological polar surface area (TPSA) is 75.3 Å². The second-order valence-electron chi connectivity index (χ2n) is 8.08. The number of carbonyl (C=O) groups is 1. The summed E-state index contributed by atoms with van der Waals surface area (Å²) in [4.78, 5) is 13.1. The van der Waals surface area contributed by atoms with Crippen LogP contribution in [0.15, 0.2) is 46.2 Å². The minimum Gasteiger partial charge on any atom is -0.325 e. The third kappa shape index (κ3) is 5.25. The molecule has 2 aromatic carbocycles. The normalized spacial score (nSPS) is 15.0. The number of hydrogen-bond acceptors (Lipinski definition) is 4. The predicted molar refractivity (Wildman–Crippen MR) is 124 cm³/mol. The standard InChI is InChI=1S/C23H30N2O3S2/c1-15(2)23(26)24-21-14-20(11-12-22(21)29-4)30(27,28)25-16(3)18-10-9-17-7-5-6-8-19(17)13-18/h9-16,25H,5-8H2,1-4H3,(H,24,26)/t16-/m0/s1. The first-order chi connectivity index (χ1) is 14.2. The highest BCUT2D eigenvalue weighted by Gasteiger charge is 2.21. The van der Waals surface area contributed by atoms with Gasteiger partial charge in [-0.2, -0.15) is 0 Å². The summed E-state index contributed by atoms with van der Waals surface area (Å²) in [5.74, 6) is -0.336. The lowest BCUT2D eigenvalue weighted by Gasteiger charge is -2.20. The molecule has 1 aliphatic rings. The second kappa shape index (κ2) is 9.54. The molecule has 3 rings (SSSR count). The van der Waals surface area contributed by atoms with Crippen molar-refractivity contribution in [1.29, 1.82) is 0 Å². The number of thioether (sulfide) groups is 1. The summed E-state index contributed by atoms with van der Waals surface area (Å²) in [6.45, 7) is 5.47. The van der Waals surface area contributed by atoms with E-state index in [1.807, 2.05) is 19.2 Å². The smallest absolute Gasteiger partial charge is 0.241 e. The molecule has 0 bridgehead atoms. The van der Waals surface area contributed by atoms with Gasteiger partial charge < -0.3 is 5.32 Å². The Bertz CT molecular complexity index is 1030. The summed E-state index contributed by atoms with van der Waals surface area (Å²) >= 11 is 1.46. The van der Waals surface area contributed by atoms with Crippen molar-refractivity contribution in [2.75, 3.05) is 11.6 Å². The molecule has 2 aromatic rings. The monoisotopic (exact) mass is 446 g/mol. The van der Waals surface area contributed by atoms with E-state index in [1.165, 1.54) is 41.8 Å². The lowest BCUT2D eigenvalue weighted by molar-refractivity contribution is -0.118. The Morgan fingerprint density at radius 2 is 1.70 bits per heavy atom. The fraction of sp³-hybridized carbons (Fsp3) is 0.435. The minimum atomic E-state index is -3.74. The molecule has 7 heteroatoms. The Balaban J connectivity index is 1.83. The number of hydrogen-bond donors (Lipinski definition) is 2. The second-order valence-corrected chi connectivity index (χ2v) is 10.6. The molecule has 0 aromatic heterocycles. The number of rotatable bonds is 7. The lowest BCUT2D eigenvalue weighted by Crippen LogP contribution is -2.27. The zero-order chi connectivity index (χ0) is 21.9. The Morgan fingerprint density at radius 1 is 1.00 bits per heavy atom. The molecular weight excluding hydrogens is 416 g/mol. The number of benzene rings is 2. The number of amides is 1. The van der Waals surface area contributed by atoms with E-state index in [-0.39, 0.29) is 22.8 Å². The summed E-state index contributed by atoms with van der Waals surface area (Å²) in [7, 11) is -3.74. The summed E-state index contributed by atoms with van der Waals surface area (Å²) in [6.07, 6.45) is 6.45. The van der Waals surface area contributed by atoms with Crippen LogP contribution >= 0.6 is 11.8 Å². The van der Waals surface area contributed by atoms with E-state index in [9.17, 15) is 13.2 Å². The highest BCUT2D eigenvalue weighted by Crippen LogP contribution is 2.30. The summed E-state index contributed by atoms with van der Waals surface area (Å²) < 4.78 is 28.9. The van der Waals surface area contributed by atoms with Crippen LogP contribution in [0.3, 0.4) is 0 Å². The zero-order valence-electron chi connectivity index (χ0n) is 18.0. The van der Waals surface area contributed by atoms with Crippen LogP contribution in [0, 0.1) is 5.92 Å². The van der Waals surface area contributed by atoms with Crippen molar-refractivity contribution >= 4 is 33.4 Å². The molecule has 0 unspecified atom stereocenters. The maximum atomic E-state index is 13.0. The fourth-order valence-electron chi connectivity index (χ4n) is 3.62. The van der Waals surface area contributed by atoms with Crippen LogP contribution in [0.2, 0.25) is 0 Å². The van der Waals surface area contributed by atoms with Crippen molar-refractivity contribution < 1.29 is 13.2 Å². The van der Waals surface area contributed by atoms with Crippen molar-refractivity contribution in [3.63, 3.8) is 0 Å². The maximum absolute atomic E-state index is 13.0. The first kappa shape index (κ1) is 22.8. The van der Waals surface area contributed by atoms with E-state index in [2.05, 4.69) is 22.2 Å². The molecule has 0 saturated heterocycles. The minimum absolute atomic E-state index is 0.143. The molecule has 162 valence electrons. The van der Waals surface area contributed by atoms with Gasteiger partial charge in [0, 0.05) is 16.9 Å². The molecule has 1 aliphatic carbocycles. The van der Waals surface area contributed by atoms with Gasteiger partial charge in [0.2, 0.25) is 15.9 Å². The van der Waals surface area contributed by atoms with E-state index in [4.69, 9.17) is 0 Å². The number of fused-ring (bicyclic) bond motifs is 1. The Labute approximate surface area is 184 Å². The van der Waals surface area contributed by atoms with Crippen LogP contribution in [-0.2, 0) is 27.7 Å². The lowest BCUT2D eigenvalue weighted by atomic mass is 9.89. The van der Waals surface area contributed by atoms with E-state index >= 15 is 0 Å². The van der Waals surface area contributed by atoms with E-state index in [0.717, 1.165) is 23.3 Å². The third-order valence-corrected chi connectivity index (χ3v) is 7.80. The first-order valence-electron chi connectivity index (χ1n) is 10.3. The van der Waals surface area contributed by atoms with Gasteiger partial charge in [-0.05, 0) is 73.8 Å². The van der Waals surface area contributed by atoms with Gasteiger partial charge in [-0.15, -0.1) is 11.8 Å². The van der Waals surface area contributed by atoms with Gasteiger partial charge in [-0.3, -0.25) is 4.79 Å². The van der Waals surface area contributed by atoms with Crippen molar-refractivity contribution in [2.45, 2.75) is 62.3 Å². The van der Waals surface area contributed by atoms with Crippen LogP contribution in [0.4, 0.5) is 5.69 Å². The number of anilines is 1. The number of nitrogens with one attached hydrogen (secondary N) is 2. The van der Waals surface area contributed by atoms with Gasteiger partial charge in [-0.25, -0.2) is 13.1 Å². The molecule has 0 aliphatic heterocycles. The molecular formula is C23H30N2O3S2. The summed E-state index contributed by atoms with van der Waals surface area (Å²) in [5.41, 5.74) is 4.19. The Hall–Kier alpha value is -1.83. The Kier molecular flexibility index (Phi) is 7.26. The van der Waals surface area contributed by atoms with E-state index < -0.39 is 10.0 Å². The highest BCUT2D eigenvalue weighted by atomic mass is 32.2. The number of carbonyl (C=O) groups excluding carboxylic acids is 1. The van der Waals surface area contributed by atoms with Crippen LogP contribution in [0.5, 0.6) is 0 Å².